The molecule has 0 saturated heterocycles. The summed E-state index contributed by atoms with van der Waals surface area (Å²) in [7, 11) is 0. The normalized spacial score (nSPS) is 11.3. The second-order valence-corrected chi connectivity index (χ2v) is 9.46. The zero-order valence-electron chi connectivity index (χ0n) is 19.8. The number of fused-ring (bicyclic) bond motifs is 1. The van der Waals surface area contributed by atoms with Crippen LogP contribution in [0.3, 0.4) is 0 Å². The van der Waals surface area contributed by atoms with Crippen molar-refractivity contribution in [2.75, 3.05) is 0 Å². The van der Waals surface area contributed by atoms with Gasteiger partial charge in [0.1, 0.15) is 11.6 Å². The molecule has 0 aliphatic heterocycles. The highest BCUT2D eigenvalue weighted by Gasteiger charge is 2.21. The molecule has 3 aromatic carbocycles. The van der Waals surface area contributed by atoms with Crippen LogP contribution in [0.1, 0.15) is 11.3 Å². The predicted octanol–water partition coefficient (Wildman–Crippen LogP) is 7.51. The molecule has 9 heteroatoms. The van der Waals surface area contributed by atoms with Gasteiger partial charge in [-0.3, -0.25) is 4.57 Å². The maximum atomic E-state index is 14.3. The molecule has 0 bridgehead atoms. The summed E-state index contributed by atoms with van der Waals surface area (Å²) in [5, 5.41) is 10.1. The number of furan rings is 1. The van der Waals surface area contributed by atoms with Crippen LogP contribution < -0.4 is 0 Å². The number of aromatic nitrogens is 4. The standard InChI is InChI=1S/C29H19F3N4OS/c30-23-12-13-24(31)27(32)22(23)17-38-29-35-34-28(36(29)16-19-9-6-14-37-19)21-15-26(18-7-2-1-3-8-18)33-25-11-5-4-10-20(21)25/h1-15H,16-17H2. The number of para-hydroxylation sites is 1. The number of hydrogen-bond acceptors (Lipinski definition) is 5. The van der Waals surface area contributed by atoms with Crippen molar-refractivity contribution in [2.24, 2.45) is 0 Å². The van der Waals surface area contributed by atoms with Gasteiger partial charge in [-0.15, -0.1) is 10.2 Å². The van der Waals surface area contributed by atoms with E-state index in [0.29, 0.717) is 16.7 Å². The van der Waals surface area contributed by atoms with Gasteiger partial charge in [0.2, 0.25) is 0 Å². The lowest BCUT2D eigenvalue weighted by Crippen LogP contribution is -2.05. The van der Waals surface area contributed by atoms with Gasteiger partial charge >= 0.3 is 0 Å². The molecule has 3 aromatic heterocycles. The highest BCUT2D eigenvalue weighted by atomic mass is 32.2. The molecule has 6 rings (SSSR count). The number of rotatable bonds is 7. The Hall–Kier alpha value is -4.37. The lowest BCUT2D eigenvalue weighted by molar-refractivity contribution is 0.483. The van der Waals surface area contributed by atoms with Crippen molar-refractivity contribution in [1.29, 1.82) is 0 Å². The topological polar surface area (TPSA) is 56.7 Å². The Kier molecular flexibility index (Phi) is 6.43. The first kappa shape index (κ1) is 24.0. The van der Waals surface area contributed by atoms with Gasteiger partial charge in [0.15, 0.2) is 22.6 Å². The molecule has 0 fully saturated rings. The van der Waals surface area contributed by atoms with Crippen LogP contribution in [0, 0.1) is 17.5 Å². The summed E-state index contributed by atoms with van der Waals surface area (Å²) in [4.78, 5) is 4.85. The quantitative estimate of drug-likeness (QED) is 0.159. The summed E-state index contributed by atoms with van der Waals surface area (Å²) < 4.78 is 49.8. The van der Waals surface area contributed by atoms with Gasteiger partial charge in [0.05, 0.1) is 24.0 Å². The van der Waals surface area contributed by atoms with Crippen molar-refractivity contribution in [1.82, 2.24) is 19.7 Å². The average Bonchev–Trinajstić information content (AvgIpc) is 3.61. The van der Waals surface area contributed by atoms with Crippen molar-refractivity contribution < 1.29 is 17.6 Å². The first-order valence-electron chi connectivity index (χ1n) is 11.7. The third kappa shape index (κ3) is 4.56. The minimum atomic E-state index is -1.21. The lowest BCUT2D eigenvalue weighted by atomic mass is 10.0. The number of thioether (sulfide) groups is 1. The van der Waals surface area contributed by atoms with Crippen molar-refractivity contribution in [3.8, 4) is 22.6 Å². The predicted molar refractivity (Wildman–Crippen MR) is 140 cm³/mol. The monoisotopic (exact) mass is 528 g/mol. The van der Waals surface area contributed by atoms with Gasteiger partial charge in [0, 0.05) is 27.8 Å². The average molecular weight is 529 g/mol. The smallest absolute Gasteiger partial charge is 0.192 e. The zero-order chi connectivity index (χ0) is 26.1. The van der Waals surface area contributed by atoms with Gasteiger partial charge in [-0.1, -0.05) is 60.3 Å². The van der Waals surface area contributed by atoms with Gasteiger partial charge in [-0.05, 0) is 36.4 Å². The molecule has 0 N–H and O–H groups in total. The summed E-state index contributed by atoms with van der Waals surface area (Å²) in [6.07, 6.45) is 1.57. The molecule has 6 aromatic rings. The fourth-order valence-corrected chi connectivity index (χ4v) is 5.19. The minimum Gasteiger partial charge on any atom is -0.467 e. The van der Waals surface area contributed by atoms with E-state index in [0.717, 1.165) is 51.6 Å². The summed E-state index contributed by atoms with van der Waals surface area (Å²) >= 11 is 1.07. The Balaban J connectivity index is 1.48. The van der Waals surface area contributed by atoms with E-state index < -0.39 is 17.5 Å². The van der Waals surface area contributed by atoms with E-state index in [9.17, 15) is 13.2 Å². The third-order valence-corrected chi connectivity index (χ3v) is 7.12. The number of hydrogen-bond donors (Lipinski definition) is 0. The highest BCUT2D eigenvalue weighted by Crippen LogP contribution is 2.34. The molecule has 0 amide bonds. The largest absolute Gasteiger partial charge is 0.467 e. The molecular formula is C29H19F3N4OS. The zero-order valence-corrected chi connectivity index (χ0v) is 20.6. The lowest BCUT2D eigenvalue weighted by Gasteiger charge is -2.13. The van der Waals surface area contributed by atoms with Crippen molar-refractivity contribution in [3.63, 3.8) is 0 Å². The van der Waals surface area contributed by atoms with Gasteiger partial charge in [0.25, 0.3) is 0 Å². The van der Waals surface area contributed by atoms with Crippen LogP contribution in [-0.4, -0.2) is 19.7 Å². The molecular weight excluding hydrogens is 509 g/mol. The van der Waals surface area contributed by atoms with E-state index in [1.165, 1.54) is 0 Å². The van der Waals surface area contributed by atoms with E-state index in [-0.39, 0.29) is 17.9 Å². The summed E-state index contributed by atoms with van der Waals surface area (Å²) in [5.74, 6) is -2.10. The van der Waals surface area contributed by atoms with Crippen LogP contribution in [0.5, 0.6) is 0 Å². The van der Waals surface area contributed by atoms with Crippen molar-refractivity contribution in [3.05, 3.63) is 120 Å². The van der Waals surface area contributed by atoms with Crippen LogP contribution in [-0.2, 0) is 12.3 Å². The first-order valence-corrected chi connectivity index (χ1v) is 12.7. The van der Waals surface area contributed by atoms with Crippen LogP contribution in [0.4, 0.5) is 13.2 Å². The first-order chi connectivity index (χ1) is 18.6. The van der Waals surface area contributed by atoms with Crippen LogP contribution >= 0.6 is 11.8 Å². The molecule has 5 nitrogen and oxygen atoms in total. The molecule has 0 saturated carbocycles. The molecule has 188 valence electrons. The van der Waals surface area contributed by atoms with Crippen LogP contribution in [0.15, 0.2) is 101 Å². The Morgan fingerprint density at radius 3 is 2.42 bits per heavy atom. The molecule has 0 aliphatic carbocycles. The Morgan fingerprint density at radius 2 is 1.61 bits per heavy atom. The maximum absolute atomic E-state index is 14.3. The van der Waals surface area contributed by atoms with E-state index in [2.05, 4.69) is 10.2 Å². The van der Waals surface area contributed by atoms with E-state index in [4.69, 9.17) is 9.40 Å². The number of halogens is 3. The van der Waals surface area contributed by atoms with Gasteiger partial charge < -0.3 is 4.42 Å². The number of pyridine rings is 1. The molecule has 0 atom stereocenters. The summed E-state index contributed by atoms with van der Waals surface area (Å²) in [6, 6.07) is 24.8. The highest BCUT2D eigenvalue weighted by molar-refractivity contribution is 7.98. The van der Waals surface area contributed by atoms with Crippen molar-refractivity contribution in [2.45, 2.75) is 17.5 Å². The van der Waals surface area contributed by atoms with Gasteiger partial charge in [-0.2, -0.15) is 0 Å². The summed E-state index contributed by atoms with van der Waals surface area (Å²) in [6.45, 7) is 0.281. The van der Waals surface area contributed by atoms with Crippen molar-refractivity contribution >= 4 is 22.7 Å². The minimum absolute atomic E-state index is 0.169. The third-order valence-electron chi connectivity index (χ3n) is 6.12. The second kappa shape index (κ2) is 10.2. The van der Waals surface area contributed by atoms with Crippen LogP contribution in [0.2, 0.25) is 0 Å². The van der Waals surface area contributed by atoms with Crippen LogP contribution in [0.25, 0.3) is 33.5 Å². The fourth-order valence-electron chi connectivity index (χ4n) is 4.25. The fraction of sp³-hybridized carbons (Fsp3) is 0.0690. The molecule has 0 aliphatic rings. The molecule has 0 radical (unpaired) electrons. The maximum Gasteiger partial charge on any atom is 0.192 e. The number of benzene rings is 3. The molecule has 3 heterocycles. The Labute approximate surface area is 220 Å². The molecule has 0 spiro atoms. The van der Waals surface area contributed by atoms with E-state index >= 15 is 0 Å². The molecule has 38 heavy (non-hydrogen) atoms. The molecule has 0 unspecified atom stereocenters. The number of nitrogens with zero attached hydrogens (tertiary/aromatic N) is 4. The SMILES string of the molecule is Fc1ccc(F)c(CSc2nnc(-c3cc(-c4ccccc4)nc4ccccc34)n2Cc2ccco2)c1F. The van der Waals surface area contributed by atoms with Gasteiger partial charge in [-0.25, -0.2) is 18.2 Å². The summed E-state index contributed by atoms with van der Waals surface area (Å²) in [5.41, 5.74) is 2.94. The Morgan fingerprint density at radius 1 is 0.816 bits per heavy atom. The van der Waals surface area contributed by atoms with E-state index in [1.807, 2.05) is 71.3 Å². The van der Waals surface area contributed by atoms with E-state index in [1.54, 1.807) is 12.3 Å². The second-order valence-electron chi connectivity index (χ2n) is 8.52. The Bertz CT molecular complexity index is 1740.